The standard InChI is InChI=1S/C20H20ClFN4OS/c1-28-7-3-6-23-20(27)16-9-25-17(10-24-16)26-11-12-8-14(12)19(26)13-4-2-5-15(22)18(13)21/h2-5,7,9-10,12,14,19H,6,8,11H2,1H3,(H,23,27)/b7-3+. The number of thioether (sulfide) groups is 1. The molecular weight excluding hydrogens is 399 g/mol. The highest BCUT2D eigenvalue weighted by atomic mass is 35.5. The minimum Gasteiger partial charge on any atom is -0.348 e. The van der Waals surface area contributed by atoms with E-state index in [0.29, 0.717) is 24.2 Å². The first-order chi connectivity index (χ1) is 13.6. The minimum absolute atomic E-state index is 0.0149. The van der Waals surface area contributed by atoms with Crippen molar-refractivity contribution < 1.29 is 9.18 Å². The Hall–Kier alpha value is -2.12. The molecule has 1 saturated heterocycles. The van der Waals surface area contributed by atoms with Gasteiger partial charge in [0.1, 0.15) is 17.3 Å². The lowest BCUT2D eigenvalue weighted by molar-refractivity contribution is 0.0952. The molecule has 146 valence electrons. The van der Waals surface area contributed by atoms with Gasteiger partial charge in [0.2, 0.25) is 0 Å². The van der Waals surface area contributed by atoms with Crippen LogP contribution in [-0.4, -0.2) is 35.2 Å². The monoisotopic (exact) mass is 418 g/mol. The van der Waals surface area contributed by atoms with Crippen molar-refractivity contribution in [3.8, 4) is 0 Å². The normalized spacial score (nSPS) is 23.1. The lowest BCUT2D eigenvalue weighted by Gasteiger charge is -2.29. The molecule has 2 fully saturated rings. The van der Waals surface area contributed by atoms with Crippen molar-refractivity contribution in [2.45, 2.75) is 12.5 Å². The van der Waals surface area contributed by atoms with Crippen LogP contribution >= 0.6 is 23.4 Å². The van der Waals surface area contributed by atoms with Crippen LogP contribution in [0.15, 0.2) is 42.1 Å². The molecule has 1 aromatic heterocycles. The van der Waals surface area contributed by atoms with Gasteiger partial charge in [0.15, 0.2) is 0 Å². The van der Waals surface area contributed by atoms with Crippen LogP contribution in [0, 0.1) is 17.7 Å². The Morgan fingerprint density at radius 2 is 2.29 bits per heavy atom. The van der Waals surface area contributed by atoms with Crippen molar-refractivity contribution in [2.24, 2.45) is 11.8 Å². The van der Waals surface area contributed by atoms with E-state index >= 15 is 0 Å². The molecule has 0 spiro atoms. The Balaban J connectivity index is 1.51. The fraction of sp³-hybridized carbons (Fsp3) is 0.350. The summed E-state index contributed by atoms with van der Waals surface area (Å²) in [5.41, 5.74) is 1.06. The predicted octanol–water partition coefficient (Wildman–Crippen LogP) is 4.07. The molecule has 5 nitrogen and oxygen atoms in total. The molecule has 1 aromatic carbocycles. The van der Waals surface area contributed by atoms with Crippen LogP contribution in [0.5, 0.6) is 0 Å². The number of amides is 1. The summed E-state index contributed by atoms with van der Waals surface area (Å²) in [5.74, 6) is 1.02. The van der Waals surface area contributed by atoms with Crippen molar-refractivity contribution >= 4 is 35.1 Å². The fourth-order valence-corrected chi connectivity index (χ4v) is 4.35. The molecule has 0 radical (unpaired) electrons. The average molecular weight is 419 g/mol. The summed E-state index contributed by atoms with van der Waals surface area (Å²) in [6, 6.07) is 4.92. The number of nitrogens with one attached hydrogen (secondary N) is 1. The zero-order valence-corrected chi connectivity index (χ0v) is 16.9. The molecule has 2 heterocycles. The number of nitrogens with zero attached hydrogens (tertiary/aromatic N) is 3. The Labute approximate surface area is 172 Å². The second-order valence-corrected chi connectivity index (χ2v) is 8.10. The SMILES string of the molecule is CS/C=C/CNC(=O)c1cnc(N2CC3CC3C2c2cccc(F)c2Cl)cn1. The van der Waals surface area contributed by atoms with Gasteiger partial charge in [-0.25, -0.2) is 14.4 Å². The van der Waals surface area contributed by atoms with Crippen LogP contribution in [0.3, 0.4) is 0 Å². The highest BCUT2D eigenvalue weighted by molar-refractivity contribution is 8.01. The molecule has 3 unspecified atom stereocenters. The molecule has 1 aliphatic heterocycles. The number of hydrogen-bond acceptors (Lipinski definition) is 5. The summed E-state index contributed by atoms with van der Waals surface area (Å²) in [6.45, 7) is 1.28. The first kappa shape index (κ1) is 19.2. The topological polar surface area (TPSA) is 58.1 Å². The Morgan fingerprint density at radius 1 is 1.43 bits per heavy atom. The van der Waals surface area contributed by atoms with E-state index in [-0.39, 0.29) is 22.7 Å². The Kier molecular flexibility index (Phi) is 5.55. The molecule has 2 aromatic rings. The van der Waals surface area contributed by atoms with Crippen LogP contribution < -0.4 is 10.2 Å². The number of anilines is 1. The van der Waals surface area contributed by atoms with Crippen LogP contribution in [-0.2, 0) is 0 Å². The smallest absolute Gasteiger partial charge is 0.271 e. The number of aromatic nitrogens is 2. The van der Waals surface area contributed by atoms with Gasteiger partial charge >= 0.3 is 0 Å². The third-order valence-corrected chi connectivity index (χ3v) is 6.09. The first-order valence-electron chi connectivity index (χ1n) is 9.08. The minimum atomic E-state index is -0.406. The maximum atomic E-state index is 14.0. The van der Waals surface area contributed by atoms with Gasteiger partial charge in [-0.3, -0.25) is 4.79 Å². The van der Waals surface area contributed by atoms with Gasteiger partial charge in [0, 0.05) is 13.1 Å². The maximum Gasteiger partial charge on any atom is 0.271 e. The number of fused-ring (bicyclic) bond motifs is 1. The van der Waals surface area contributed by atoms with E-state index in [1.165, 1.54) is 12.3 Å². The van der Waals surface area contributed by atoms with E-state index < -0.39 is 5.82 Å². The van der Waals surface area contributed by atoms with E-state index in [0.717, 1.165) is 18.5 Å². The molecule has 3 atom stereocenters. The number of rotatable bonds is 6. The highest BCUT2D eigenvalue weighted by Gasteiger charge is 2.54. The Bertz CT molecular complexity index is 908. The van der Waals surface area contributed by atoms with E-state index in [2.05, 4.69) is 20.2 Å². The first-order valence-corrected chi connectivity index (χ1v) is 10.8. The third-order valence-electron chi connectivity index (χ3n) is 5.23. The van der Waals surface area contributed by atoms with Crippen molar-refractivity contribution in [1.29, 1.82) is 0 Å². The summed E-state index contributed by atoms with van der Waals surface area (Å²) in [7, 11) is 0. The number of halogens is 2. The molecule has 28 heavy (non-hydrogen) atoms. The van der Waals surface area contributed by atoms with Crippen molar-refractivity contribution in [3.05, 3.63) is 64.2 Å². The molecule has 4 rings (SSSR count). The molecule has 1 saturated carbocycles. The van der Waals surface area contributed by atoms with Gasteiger partial charge in [-0.1, -0.05) is 29.8 Å². The molecule has 0 bridgehead atoms. The quantitative estimate of drug-likeness (QED) is 0.766. The number of benzene rings is 1. The van der Waals surface area contributed by atoms with Crippen LogP contribution in [0.4, 0.5) is 10.2 Å². The van der Waals surface area contributed by atoms with Gasteiger partial charge in [0.25, 0.3) is 5.91 Å². The molecule has 8 heteroatoms. The van der Waals surface area contributed by atoms with Crippen molar-refractivity contribution in [3.63, 3.8) is 0 Å². The summed E-state index contributed by atoms with van der Waals surface area (Å²) < 4.78 is 14.0. The molecule has 1 amide bonds. The van der Waals surface area contributed by atoms with E-state index in [1.807, 2.05) is 23.8 Å². The zero-order valence-electron chi connectivity index (χ0n) is 15.3. The van der Waals surface area contributed by atoms with E-state index in [4.69, 9.17) is 11.6 Å². The maximum absolute atomic E-state index is 14.0. The summed E-state index contributed by atoms with van der Waals surface area (Å²) >= 11 is 7.82. The van der Waals surface area contributed by atoms with E-state index in [9.17, 15) is 9.18 Å². The van der Waals surface area contributed by atoms with Crippen molar-refractivity contribution in [2.75, 3.05) is 24.2 Å². The molecule has 1 aliphatic carbocycles. The summed E-state index contributed by atoms with van der Waals surface area (Å²) in [4.78, 5) is 23.0. The largest absolute Gasteiger partial charge is 0.348 e. The average Bonchev–Trinajstić information content (AvgIpc) is 3.38. The van der Waals surface area contributed by atoms with Crippen LogP contribution in [0.1, 0.15) is 28.5 Å². The van der Waals surface area contributed by atoms with Gasteiger partial charge in [-0.15, -0.1) is 11.8 Å². The summed E-state index contributed by atoms with van der Waals surface area (Å²) in [5, 5.41) is 4.85. The van der Waals surface area contributed by atoms with Gasteiger partial charge < -0.3 is 10.2 Å². The third kappa shape index (κ3) is 3.73. The van der Waals surface area contributed by atoms with Crippen LogP contribution in [0.2, 0.25) is 5.02 Å². The number of piperidine rings is 1. The second-order valence-electron chi connectivity index (χ2n) is 6.98. The van der Waals surface area contributed by atoms with E-state index in [1.54, 1.807) is 24.0 Å². The molecule has 1 N–H and O–H groups in total. The molecule has 2 aliphatic rings. The zero-order chi connectivity index (χ0) is 19.7. The summed E-state index contributed by atoms with van der Waals surface area (Å²) in [6.07, 6.45) is 8.03. The fourth-order valence-electron chi connectivity index (χ4n) is 3.82. The predicted molar refractivity (Wildman–Crippen MR) is 110 cm³/mol. The number of carbonyl (C=O) groups is 1. The lowest BCUT2D eigenvalue weighted by Crippen LogP contribution is -2.29. The van der Waals surface area contributed by atoms with Crippen molar-refractivity contribution in [1.82, 2.24) is 15.3 Å². The number of hydrogen-bond donors (Lipinski definition) is 1. The lowest BCUT2D eigenvalue weighted by atomic mass is 10.0. The Morgan fingerprint density at radius 3 is 3.04 bits per heavy atom. The van der Waals surface area contributed by atoms with Crippen LogP contribution in [0.25, 0.3) is 0 Å². The number of carbonyl (C=O) groups excluding carboxylic acids is 1. The van der Waals surface area contributed by atoms with Gasteiger partial charge in [-0.05, 0) is 41.6 Å². The van der Waals surface area contributed by atoms with Gasteiger partial charge in [-0.2, -0.15) is 0 Å². The second kappa shape index (κ2) is 8.09. The molecular formula is C20H20ClFN4OS. The van der Waals surface area contributed by atoms with Gasteiger partial charge in [0.05, 0.1) is 23.5 Å². The highest BCUT2D eigenvalue weighted by Crippen LogP contribution is 2.58.